The molecule has 1 unspecified atom stereocenters. The van der Waals surface area contributed by atoms with Crippen molar-refractivity contribution in [2.75, 3.05) is 5.75 Å². The van der Waals surface area contributed by atoms with Crippen LogP contribution in [0.15, 0.2) is 30.3 Å². The number of benzene rings is 1. The molecule has 2 nitrogen and oxygen atoms in total. The van der Waals surface area contributed by atoms with Crippen LogP contribution in [0, 0.1) is 5.92 Å². The van der Waals surface area contributed by atoms with Crippen LogP contribution in [0.2, 0.25) is 0 Å². The highest BCUT2D eigenvalue weighted by molar-refractivity contribution is 8.13. The van der Waals surface area contributed by atoms with Gasteiger partial charge in [0.2, 0.25) is 0 Å². The Kier molecular flexibility index (Phi) is 5.98. The molecule has 0 heterocycles. The number of carbonyl (C=O) groups excluding carboxylic acids is 2. The molecule has 0 radical (unpaired) electrons. The molecule has 0 saturated carbocycles. The van der Waals surface area contributed by atoms with E-state index in [9.17, 15) is 9.59 Å². The van der Waals surface area contributed by atoms with Gasteiger partial charge in [-0.25, -0.2) is 0 Å². The van der Waals surface area contributed by atoms with E-state index in [0.717, 1.165) is 18.4 Å². The number of Topliss-reactive ketones (excluding diaryl/α,β-unsaturated/α-hetero) is 1. The van der Waals surface area contributed by atoms with Crippen LogP contribution in [0.1, 0.15) is 37.0 Å². The van der Waals surface area contributed by atoms with Crippen LogP contribution in [0.5, 0.6) is 0 Å². The molecular weight excluding hydrogens is 232 g/mol. The lowest BCUT2D eigenvalue weighted by molar-refractivity contribution is -0.109. The third kappa shape index (κ3) is 4.73. The van der Waals surface area contributed by atoms with Crippen LogP contribution in [0.25, 0.3) is 0 Å². The van der Waals surface area contributed by atoms with Crippen LogP contribution in [0.4, 0.5) is 0 Å². The third-order valence-corrected chi connectivity index (χ3v) is 3.53. The van der Waals surface area contributed by atoms with Crippen LogP contribution in [-0.4, -0.2) is 16.7 Å². The van der Waals surface area contributed by atoms with Gasteiger partial charge in [0.05, 0.1) is 0 Å². The minimum absolute atomic E-state index is 0.0451. The Hall–Kier alpha value is -1.09. The second kappa shape index (κ2) is 7.28. The lowest BCUT2D eigenvalue weighted by atomic mass is 9.95. The molecule has 0 bridgehead atoms. The fourth-order valence-corrected chi connectivity index (χ4v) is 2.45. The summed E-state index contributed by atoms with van der Waals surface area (Å²) in [5.41, 5.74) is 0.745. The molecule has 0 N–H and O–H groups in total. The molecule has 0 aromatic heterocycles. The van der Waals surface area contributed by atoms with E-state index in [1.54, 1.807) is 6.92 Å². The number of ketones is 1. The van der Waals surface area contributed by atoms with Crippen LogP contribution < -0.4 is 0 Å². The van der Waals surface area contributed by atoms with Gasteiger partial charge in [-0.05, 0) is 6.42 Å². The van der Waals surface area contributed by atoms with Gasteiger partial charge in [0.15, 0.2) is 10.9 Å². The van der Waals surface area contributed by atoms with Gasteiger partial charge < -0.3 is 0 Å². The van der Waals surface area contributed by atoms with E-state index >= 15 is 0 Å². The Bertz CT molecular complexity index is 373. The van der Waals surface area contributed by atoms with Crippen molar-refractivity contribution in [1.82, 2.24) is 0 Å². The zero-order chi connectivity index (χ0) is 12.7. The fourth-order valence-electron chi connectivity index (χ4n) is 1.69. The Morgan fingerprint density at radius 1 is 1.24 bits per heavy atom. The van der Waals surface area contributed by atoms with Crippen molar-refractivity contribution in [3.05, 3.63) is 35.9 Å². The summed E-state index contributed by atoms with van der Waals surface area (Å²) in [6, 6.07) is 9.31. The number of carbonyl (C=O) groups is 2. The highest BCUT2D eigenvalue weighted by Gasteiger charge is 2.19. The Balaban J connectivity index is 2.69. The van der Waals surface area contributed by atoms with Gasteiger partial charge >= 0.3 is 0 Å². The Morgan fingerprint density at radius 2 is 1.88 bits per heavy atom. The molecule has 1 atom stereocenters. The van der Waals surface area contributed by atoms with Gasteiger partial charge in [-0.15, -0.1) is 0 Å². The normalized spacial score (nSPS) is 12.1. The second-order valence-electron chi connectivity index (χ2n) is 4.02. The SMILES string of the molecule is CCCC(CSC(C)=O)C(=O)c1ccccc1. The molecule has 0 amide bonds. The maximum atomic E-state index is 12.2. The highest BCUT2D eigenvalue weighted by atomic mass is 32.2. The highest BCUT2D eigenvalue weighted by Crippen LogP contribution is 2.19. The molecule has 0 aliphatic carbocycles. The summed E-state index contributed by atoms with van der Waals surface area (Å²) in [5, 5.41) is 0.0759. The average molecular weight is 250 g/mol. The summed E-state index contributed by atoms with van der Waals surface area (Å²) < 4.78 is 0. The van der Waals surface area contributed by atoms with Gasteiger partial charge in [0.1, 0.15) is 0 Å². The van der Waals surface area contributed by atoms with Gasteiger partial charge in [-0.3, -0.25) is 9.59 Å². The summed E-state index contributed by atoms with van der Waals surface area (Å²) in [6.07, 6.45) is 1.80. The van der Waals surface area contributed by atoms with Crippen LogP contribution in [-0.2, 0) is 4.79 Å². The standard InChI is InChI=1S/C14H18O2S/c1-3-7-13(10-17-11(2)15)14(16)12-8-5-4-6-9-12/h4-6,8-9,13H,3,7,10H2,1-2H3. The average Bonchev–Trinajstić information content (AvgIpc) is 2.34. The predicted octanol–water partition coefficient (Wildman–Crippen LogP) is 3.57. The largest absolute Gasteiger partial charge is 0.294 e. The summed E-state index contributed by atoms with van der Waals surface area (Å²) in [5.74, 6) is 0.703. The van der Waals surface area contributed by atoms with Crippen molar-refractivity contribution < 1.29 is 9.59 Å². The molecular formula is C14H18O2S. The monoisotopic (exact) mass is 250 g/mol. The molecule has 3 heteroatoms. The van der Waals surface area contributed by atoms with E-state index in [4.69, 9.17) is 0 Å². The van der Waals surface area contributed by atoms with Crippen LogP contribution >= 0.6 is 11.8 Å². The molecule has 0 fully saturated rings. The zero-order valence-corrected chi connectivity index (χ0v) is 11.1. The van der Waals surface area contributed by atoms with Crippen molar-refractivity contribution in [2.24, 2.45) is 5.92 Å². The quantitative estimate of drug-likeness (QED) is 0.724. The van der Waals surface area contributed by atoms with Gasteiger partial charge in [-0.1, -0.05) is 55.4 Å². The first-order chi connectivity index (χ1) is 8.15. The zero-order valence-electron chi connectivity index (χ0n) is 10.3. The summed E-state index contributed by atoms with van der Waals surface area (Å²) in [6.45, 7) is 3.60. The number of hydrogen-bond acceptors (Lipinski definition) is 3. The first kappa shape index (κ1) is 14.0. The van der Waals surface area contributed by atoms with E-state index in [-0.39, 0.29) is 16.8 Å². The molecule has 0 aliphatic heterocycles. The molecule has 0 spiro atoms. The van der Waals surface area contributed by atoms with E-state index in [1.165, 1.54) is 11.8 Å². The minimum atomic E-state index is -0.0451. The first-order valence-corrected chi connectivity index (χ1v) is 6.86. The first-order valence-electron chi connectivity index (χ1n) is 5.87. The molecule has 92 valence electrons. The predicted molar refractivity (Wildman–Crippen MR) is 72.3 cm³/mol. The summed E-state index contributed by atoms with van der Waals surface area (Å²) >= 11 is 1.24. The maximum Gasteiger partial charge on any atom is 0.185 e. The summed E-state index contributed by atoms with van der Waals surface area (Å²) in [7, 11) is 0. The topological polar surface area (TPSA) is 34.1 Å². The van der Waals surface area contributed by atoms with Gasteiger partial charge in [-0.2, -0.15) is 0 Å². The number of thioether (sulfide) groups is 1. The molecule has 1 aromatic carbocycles. The van der Waals surface area contributed by atoms with E-state index < -0.39 is 0 Å². The third-order valence-electron chi connectivity index (χ3n) is 2.55. The number of rotatable bonds is 6. The molecule has 1 aromatic rings. The number of hydrogen-bond donors (Lipinski definition) is 0. The smallest absolute Gasteiger partial charge is 0.185 e. The van der Waals surface area contributed by atoms with Crippen molar-refractivity contribution >= 4 is 22.7 Å². The Labute approximate surface area is 107 Å². The van der Waals surface area contributed by atoms with Crippen molar-refractivity contribution in [3.8, 4) is 0 Å². The minimum Gasteiger partial charge on any atom is -0.294 e. The molecule has 0 aliphatic rings. The molecule has 0 saturated heterocycles. The van der Waals surface area contributed by atoms with Crippen LogP contribution in [0.3, 0.4) is 0 Å². The van der Waals surface area contributed by atoms with E-state index in [2.05, 4.69) is 6.92 Å². The lowest BCUT2D eigenvalue weighted by Gasteiger charge is -2.13. The van der Waals surface area contributed by atoms with Gasteiger partial charge in [0.25, 0.3) is 0 Å². The summed E-state index contributed by atoms with van der Waals surface area (Å²) in [4.78, 5) is 23.2. The van der Waals surface area contributed by atoms with Crippen molar-refractivity contribution in [2.45, 2.75) is 26.7 Å². The van der Waals surface area contributed by atoms with E-state index in [1.807, 2.05) is 30.3 Å². The maximum absolute atomic E-state index is 12.2. The van der Waals surface area contributed by atoms with E-state index in [0.29, 0.717) is 5.75 Å². The second-order valence-corrected chi connectivity index (χ2v) is 5.22. The van der Waals surface area contributed by atoms with Crippen molar-refractivity contribution in [3.63, 3.8) is 0 Å². The fraction of sp³-hybridized carbons (Fsp3) is 0.429. The Morgan fingerprint density at radius 3 is 2.41 bits per heavy atom. The molecule has 1 rings (SSSR count). The van der Waals surface area contributed by atoms with Gasteiger partial charge in [0, 0.05) is 24.2 Å². The lowest BCUT2D eigenvalue weighted by Crippen LogP contribution is -2.17. The molecule has 17 heavy (non-hydrogen) atoms. The van der Waals surface area contributed by atoms with Crippen molar-refractivity contribution in [1.29, 1.82) is 0 Å².